The second kappa shape index (κ2) is 17.1. The Morgan fingerprint density at radius 1 is 0.203 bits per heavy atom. The van der Waals surface area contributed by atoms with Crippen molar-refractivity contribution in [3.8, 4) is 47.4 Å². The molecule has 0 saturated carbocycles. The van der Waals surface area contributed by atoms with Crippen LogP contribution in [0.15, 0.2) is 194 Å². The molecule has 0 N–H and O–H groups in total. The molecule has 0 fully saturated rings. The largest absolute Gasteiger partial charge is 0.0616 e. The molecule has 14 rings (SSSR count). The van der Waals surface area contributed by atoms with E-state index in [0.29, 0.717) is 0 Å². The maximum absolute atomic E-state index is 3.68. The van der Waals surface area contributed by atoms with Crippen LogP contribution in [0.1, 0.15) is 66.8 Å². The highest BCUT2D eigenvalue weighted by Gasteiger charge is 2.16. The summed E-state index contributed by atoms with van der Waals surface area (Å²) in [6.45, 7) is 0. The molecule has 10 aromatic carbocycles. The van der Waals surface area contributed by atoms with Gasteiger partial charge >= 0.3 is 0 Å². The fraction of sp³-hybridized carbons (Fsp3) is 0.0625. The molecular formula is C64H40. The molecule has 0 saturated heterocycles. The fourth-order valence-corrected chi connectivity index (χ4v) is 9.09. The first-order chi connectivity index (χ1) is 31.7. The second-order valence-electron chi connectivity index (χ2n) is 16.4. The van der Waals surface area contributed by atoms with Crippen LogP contribution >= 0.6 is 0 Å². The zero-order chi connectivity index (χ0) is 42.7. The van der Waals surface area contributed by atoms with Crippen LogP contribution in [0.4, 0.5) is 0 Å². The van der Waals surface area contributed by atoms with Crippen molar-refractivity contribution in [3.63, 3.8) is 0 Å². The predicted octanol–water partition coefficient (Wildman–Crippen LogP) is 13.8. The molecule has 64 heavy (non-hydrogen) atoms. The van der Waals surface area contributed by atoms with Crippen LogP contribution < -0.4 is 0 Å². The molecule has 0 radical (unpaired) electrons. The van der Waals surface area contributed by atoms with E-state index in [2.05, 4.69) is 241 Å². The van der Waals surface area contributed by atoms with E-state index >= 15 is 0 Å². The summed E-state index contributed by atoms with van der Waals surface area (Å²) >= 11 is 0. The SMILES string of the molecule is C(#Cc1cccc2ccccc12)c1cc2c(C#Cc3cccc4ccccc34)cc1CCc1cc(C#Cc3cccc4ccccc34)c(cc1C#Cc1cccc3ccccc13)CC2. The maximum Gasteiger partial charge on any atom is 0.0327 e. The standard InChI is InChI=1S/C64H40/c1-5-25-61-45(13-1)17-9-21-49(61)29-33-53-41-58-39-40-60-44-55(35-31-51-23-11-19-47-15-3-7-27-63(47)51)59(43-56(60)36-32-52-24-12-20-48-16-4-8-28-64(48)52)38-37-57(53)42-54(58)34-30-50-22-10-18-46-14-2-6-26-62(46)50/h1-28,41-44H,37-40H2. The van der Waals surface area contributed by atoms with E-state index in [-0.39, 0.29) is 0 Å². The third-order valence-corrected chi connectivity index (χ3v) is 12.5. The van der Waals surface area contributed by atoms with Gasteiger partial charge in [0.05, 0.1) is 0 Å². The Bertz CT molecular complexity index is 3230. The van der Waals surface area contributed by atoms with E-state index in [1.54, 1.807) is 0 Å². The van der Waals surface area contributed by atoms with Gasteiger partial charge in [0.15, 0.2) is 0 Å². The van der Waals surface area contributed by atoms with Gasteiger partial charge in [-0.1, -0.05) is 193 Å². The van der Waals surface area contributed by atoms with Crippen LogP contribution in [0.3, 0.4) is 0 Å². The summed E-state index contributed by atoms with van der Waals surface area (Å²) in [7, 11) is 0. The highest BCUT2D eigenvalue weighted by atomic mass is 14.2. The van der Waals surface area contributed by atoms with Crippen LogP contribution in [0, 0.1) is 47.4 Å². The average molecular weight is 809 g/mol. The van der Waals surface area contributed by atoms with Crippen LogP contribution in [0.5, 0.6) is 0 Å². The normalized spacial score (nSPS) is 11.6. The zero-order valence-electron chi connectivity index (χ0n) is 35.3. The lowest BCUT2D eigenvalue weighted by molar-refractivity contribution is 0.910. The van der Waals surface area contributed by atoms with Gasteiger partial charge in [0.2, 0.25) is 0 Å². The predicted molar refractivity (Wildman–Crippen MR) is 267 cm³/mol. The van der Waals surface area contributed by atoms with Crippen molar-refractivity contribution in [2.75, 3.05) is 0 Å². The number of hydrogen-bond acceptors (Lipinski definition) is 0. The molecule has 296 valence electrons. The van der Waals surface area contributed by atoms with Crippen molar-refractivity contribution in [1.29, 1.82) is 0 Å². The fourth-order valence-electron chi connectivity index (χ4n) is 9.09. The first-order valence-electron chi connectivity index (χ1n) is 22.0. The molecule has 0 spiro atoms. The quantitative estimate of drug-likeness (QED) is 0.134. The summed E-state index contributed by atoms with van der Waals surface area (Å²) in [6, 6.07) is 68.7. The van der Waals surface area contributed by atoms with Gasteiger partial charge in [0, 0.05) is 44.5 Å². The maximum atomic E-state index is 3.68. The minimum Gasteiger partial charge on any atom is -0.0616 e. The smallest absolute Gasteiger partial charge is 0.0327 e. The van der Waals surface area contributed by atoms with Gasteiger partial charge in [-0.05, 0) is 140 Å². The van der Waals surface area contributed by atoms with Crippen molar-refractivity contribution in [2.24, 2.45) is 0 Å². The Balaban J connectivity index is 1.07. The highest BCUT2D eigenvalue weighted by molar-refractivity contribution is 5.91. The average Bonchev–Trinajstić information content (AvgIpc) is 3.34. The Morgan fingerprint density at radius 2 is 0.406 bits per heavy atom. The molecular weight excluding hydrogens is 769 g/mol. The molecule has 4 bridgehead atoms. The zero-order valence-corrected chi connectivity index (χ0v) is 35.3. The molecule has 0 aliphatic heterocycles. The minimum atomic E-state index is 0.765. The topological polar surface area (TPSA) is 0 Å². The van der Waals surface area contributed by atoms with Crippen molar-refractivity contribution < 1.29 is 0 Å². The number of benzene rings is 10. The lowest BCUT2D eigenvalue weighted by atomic mass is 9.86. The summed E-state index contributed by atoms with van der Waals surface area (Å²) < 4.78 is 0. The molecule has 0 atom stereocenters. The van der Waals surface area contributed by atoms with E-state index in [0.717, 1.165) is 91.7 Å². The third-order valence-electron chi connectivity index (χ3n) is 12.5. The van der Waals surface area contributed by atoms with Crippen molar-refractivity contribution in [1.82, 2.24) is 0 Å². The molecule has 4 aliphatic rings. The summed E-state index contributed by atoms with van der Waals surface area (Å²) in [5.74, 6) is 29.1. The van der Waals surface area contributed by atoms with Gasteiger partial charge < -0.3 is 0 Å². The van der Waals surface area contributed by atoms with Crippen molar-refractivity contribution >= 4 is 43.1 Å². The van der Waals surface area contributed by atoms with E-state index < -0.39 is 0 Å². The van der Waals surface area contributed by atoms with Gasteiger partial charge in [-0.15, -0.1) is 0 Å². The first-order valence-corrected chi connectivity index (χ1v) is 22.0. The lowest BCUT2D eigenvalue weighted by Gasteiger charge is -2.17. The second-order valence-corrected chi connectivity index (χ2v) is 16.4. The Morgan fingerprint density at radius 3 is 0.656 bits per heavy atom. The van der Waals surface area contributed by atoms with E-state index in [9.17, 15) is 0 Å². The van der Waals surface area contributed by atoms with Gasteiger partial charge in [-0.2, -0.15) is 0 Å². The van der Waals surface area contributed by atoms with E-state index in [1.807, 2.05) is 0 Å². The molecule has 0 unspecified atom stereocenters. The van der Waals surface area contributed by atoms with Gasteiger partial charge in [0.1, 0.15) is 0 Å². The summed E-state index contributed by atoms with van der Waals surface area (Å²) in [5, 5.41) is 9.42. The minimum absolute atomic E-state index is 0.765. The Labute approximate surface area is 375 Å². The molecule has 0 amide bonds. The molecule has 0 heteroatoms. The van der Waals surface area contributed by atoms with Crippen LogP contribution in [-0.4, -0.2) is 0 Å². The van der Waals surface area contributed by atoms with Crippen LogP contribution in [0.2, 0.25) is 0 Å². The van der Waals surface area contributed by atoms with Crippen LogP contribution in [-0.2, 0) is 25.7 Å². The number of aryl methyl sites for hydroxylation is 4. The number of fused-ring (bicyclic) bond motifs is 4. The van der Waals surface area contributed by atoms with Gasteiger partial charge in [0.25, 0.3) is 0 Å². The first kappa shape index (κ1) is 38.4. The lowest BCUT2D eigenvalue weighted by Crippen LogP contribution is -2.07. The summed E-state index contributed by atoms with van der Waals surface area (Å²) in [5.41, 5.74) is 13.0. The van der Waals surface area contributed by atoms with E-state index in [1.165, 1.54) is 43.8 Å². The third kappa shape index (κ3) is 7.79. The molecule has 10 aromatic rings. The van der Waals surface area contributed by atoms with Gasteiger partial charge in [-0.3, -0.25) is 0 Å². The van der Waals surface area contributed by atoms with E-state index in [4.69, 9.17) is 0 Å². The number of rotatable bonds is 0. The summed E-state index contributed by atoms with van der Waals surface area (Å²) in [4.78, 5) is 0. The van der Waals surface area contributed by atoms with Crippen molar-refractivity contribution in [2.45, 2.75) is 25.7 Å². The van der Waals surface area contributed by atoms with Crippen LogP contribution in [0.25, 0.3) is 43.1 Å². The molecule has 0 heterocycles. The monoisotopic (exact) mass is 808 g/mol. The highest BCUT2D eigenvalue weighted by Crippen LogP contribution is 2.28. The Hall–Kier alpha value is -8.52. The molecule has 0 aromatic heterocycles. The van der Waals surface area contributed by atoms with Gasteiger partial charge in [-0.25, -0.2) is 0 Å². The molecule has 4 aliphatic carbocycles. The molecule has 0 nitrogen and oxygen atoms in total. The number of hydrogen-bond donors (Lipinski definition) is 0. The van der Waals surface area contributed by atoms with Crippen molar-refractivity contribution in [3.05, 3.63) is 261 Å². The Kier molecular flexibility index (Phi) is 10.3. The summed E-state index contributed by atoms with van der Waals surface area (Å²) in [6.07, 6.45) is 3.06.